The van der Waals surface area contributed by atoms with Crippen LogP contribution in [0.4, 0.5) is 13.2 Å². The van der Waals surface area contributed by atoms with Crippen LogP contribution in [0.15, 0.2) is 0 Å². The smallest absolute Gasteiger partial charge is 0.391 e. The summed E-state index contributed by atoms with van der Waals surface area (Å²) in [6.07, 6.45) is -3.70. The summed E-state index contributed by atoms with van der Waals surface area (Å²) in [6, 6.07) is -0.644. The molecule has 1 fully saturated rings. The lowest BCUT2D eigenvalue weighted by atomic mass is 9.95. The first kappa shape index (κ1) is 13.3. The van der Waals surface area contributed by atoms with E-state index in [-0.39, 0.29) is 25.9 Å². The number of rotatable bonds is 3. The van der Waals surface area contributed by atoms with Crippen molar-refractivity contribution in [3.63, 3.8) is 0 Å². The third kappa shape index (κ3) is 3.10. The summed E-state index contributed by atoms with van der Waals surface area (Å²) in [4.78, 5) is 12.5. The van der Waals surface area contributed by atoms with Gasteiger partial charge in [-0.2, -0.15) is 13.2 Å². The first-order valence-corrected chi connectivity index (χ1v) is 5.39. The van der Waals surface area contributed by atoms with Crippen molar-refractivity contribution < 1.29 is 23.1 Å². The van der Waals surface area contributed by atoms with E-state index in [2.05, 4.69) is 0 Å². The largest absolute Gasteiger partial charge is 0.480 e. The van der Waals surface area contributed by atoms with Gasteiger partial charge in [-0.1, -0.05) is 6.92 Å². The van der Waals surface area contributed by atoms with E-state index in [1.54, 1.807) is 11.8 Å². The highest BCUT2D eigenvalue weighted by atomic mass is 19.4. The molecule has 1 rings (SSSR count). The lowest BCUT2D eigenvalue weighted by Gasteiger charge is -2.35. The van der Waals surface area contributed by atoms with E-state index in [0.29, 0.717) is 6.42 Å². The molecule has 0 unspecified atom stereocenters. The minimum absolute atomic E-state index is 0.00722. The zero-order chi connectivity index (χ0) is 12.3. The number of alkyl halides is 3. The Hall–Kier alpha value is -0.780. The Bertz CT molecular complexity index is 247. The van der Waals surface area contributed by atoms with Gasteiger partial charge in [0, 0.05) is 0 Å². The summed E-state index contributed by atoms with van der Waals surface area (Å²) in [6.45, 7) is 2.17. The number of piperidine rings is 1. The maximum absolute atomic E-state index is 12.4. The van der Waals surface area contributed by atoms with Gasteiger partial charge in [-0.15, -0.1) is 0 Å². The summed E-state index contributed by atoms with van der Waals surface area (Å²) in [5.74, 6) is -2.22. The second-order valence-electron chi connectivity index (χ2n) is 4.11. The number of nitrogens with zero attached hydrogens (tertiary/aromatic N) is 1. The molecule has 0 aromatic carbocycles. The molecule has 1 N–H and O–H groups in total. The Kier molecular flexibility index (Phi) is 4.18. The van der Waals surface area contributed by atoms with Gasteiger partial charge in [-0.3, -0.25) is 9.69 Å². The number of likely N-dealkylation sites (tertiary alicyclic amines) is 1. The highest BCUT2D eigenvalue weighted by molar-refractivity contribution is 5.73. The van der Waals surface area contributed by atoms with Gasteiger partial charge in [-0.25, -0.2) is 0 Å². The van der Waals surface area contributed by atoms with Crippen LogP contribution in [0.25, 0.3) is 0 Å². The van der Waals surface area contributed by atoms with Crippen LogP contribution >= 0.6 is 0 Å². The van der Waals surface area contributed by atoms with Crippen molar-refractivity contribution in [1.82, 2.24) is 4.90 Å². The molecule has 0 bridgehead atoms. The van der Waals surface area contributed by atoms with Crippen molar-refractivity contribution in [2.45, 2.75) is 38.4 Å². The lowest BCUT2D eigenvalue weighted by Crippen LogP contribution is -2.47. The Morgan fingerprint density at radius 3 is 2.25 bits per heavy atom. The number of halogens is 3. The molecule has 1 saturated heterocycles. The predicted octanol–water partition coefficient (Wildman–Crippen LogP) is 2.12. The number of aliphatic carboxylic acids is 1. The molecule has 1 heterocycles. The van der Waals surface area contributed by atoms with Crippen LogP contribution in [-0.2, 0) is 4.79 Å². The second kappa shape index (κ2) is 5.03. The van der Waals surface area contributed by atoms with E-state index in [0.717, 1.165) is 0 Å². The average molecular weight is 239 g/mol. The summed E-state index contributed by atoms with van der Waals surface area (Å²) >= 11 is 0. The van der Waals surface area contributed by atoms with Crippen LogP contribution in [0.2, 0.25) is 0 Å². The first-order valence-electron chi connectivity index (χ1n) is 5.39. The van der Waals surface area contributed by atoms with Crippen molar-refractivity contribution >= 4 is 5.97 Å². The lowest BCUT2D eigenvalue weighted by molar-refractivity contribution is -0.186. The minimum atomic E-state index is -4.14. The van der Waals surface area contributed by atoms with E-state index < -0.39 is 24.1 Å². The SMILES string of the molecule is CC[C@H](C(=O)O)N1CCC(C(F)(F)F)CC1. The van der Waals surface area contributed by atoms with Gasteiger partial charge in [-0.05, 0) is 32.4 Å². The predicted molar refractivity (Wildman–Crippen MR) is 52.1 cm³/mol. The van der Waals surface area contributed by atoms with Gasteiger partial charge in [0.1, 0.15) is 6.04 Å². The fourth-order valence-corrected chi connectivity index (χ4v) is 2.13. The number of hydrogen-bond donors (Lipinski definition) is 1. The van der Waals surface area contributed by atoms with Gasteiger partial charge >= 0.3 is 12.1 Å². The van der Waals surface area contributed by atoms with Crippen LogP contribution in [0, 0.1) is 5.92 Å². The van der Waals surface area contributed by atoms with E-state index in [1.807, 2.05) is 0 Å². The molecule has 0 radical (unpaired) electrons. The Balaban J connectivity index is 2.51. The van der Waals surface area contributed by atoms with Crippen molar-refractivity contribution in [2.75, 3.05) is 13.1 Å². The van der Waals surface area contributed by atoms with Crippen molar-refractivity contribution in [2.24, 2.45) is 5.92 Å². The zero-order valence-corrected chi connectivity index (χ0v) is 9.13. The van der Waals surface area contributed by atoms with Crippen LogP contribution in [-0.4, -0.2) is 41.3 Å². The molecular weight excluding hydrogens is 223 g/mol. The van der Waals surface area contributed by atoms with Crippen LogP contribution in [0.5, 0.6) is 0 Å². The fraction of sp³-hybridized carbons (Fsp3) is 0.900. The number of hydrogen-bond acceptors (Lipinski definition) is 2. The maximum Gasteiger partial charge on any atom is 0.391 e. The standard InChI is InChI=1S/C10H16F3NO2/c1-2-8(9(15)16)14-5-3-7(4-6-14)10(11,12)13/h7-8H,2-6H2,1H3,(H,15,16)/t8-/m1/s1. The third-order valence-electron chi connectivity index (χ3n) is 3.10. The summed E-state index contributed by atoms with van der Waals surface area (Å²) in [5.41, 5.74) is 0. The van der Waals surface area contributed by atoms with E-state index in [9.17, 15) is 18.0 Å². The molecule has 0 aliphatic carbocycles. The molecule has 1 atom stereocenters. The highest BCUT2D eigenvalue weighted by Gasteiger charge is 2.42. The molecule has 1 aliphatic rings. The normalized spacial score (nSPS) is 22.0. The van der Waals surface area contributed by atoms with Crippen LogP contribution in [0.1, 0.15) is 26.2 Å². The quantitative estimate of drug-likeness (QED) is 0.820. The molecule has 94 valence electrons. The van der Waals surface area contributed by atoms with Crippen molar-refractivity contribution in [3.05, 3.63) is 0 Å². The molecule has 6 heteroatoms. The van der Waals surface area contributed by atoms with Crippen LogP contribution in [0.3, 0.4) is 0 Å². The molecule has 0 spiro atoms. The second-order valence-corrected chi connectivity index (χ2v) is 4.11. The highest BCUT2D eigenvalue weighted by Crippen LogP contribution is 2.34. The van der Waals surface area contributed by atoms with Gasteiger partial charge in [0.2, 0.25) is 0 Å². The molecule has 0 aromatic rings. The van der Waals surface area contributed by atoms with Crippen LogP contribution < -0.4 is 0 Å². The van der Waals surface area contributed by atoms with Gasteiger partial charge in [0.15, 0.2) is 0 Å². The molecule has 1 aliphatic heterocycles. The molecular formula is C10H16F3NO2. The minimum Gasteiger partial charge on any atom is -0.480 e. The number of carbonyl (C=O) groups is 1. The van der Waals surface area contributed by atoms with Gasteiger partial charge in [0.25, 0.3) is 0 Å². The topological polar surface area (TPSA) is 40.5 Å². The molecule has 16 heavy (non-hydrogen) atoms. The fourth-order valence-electron chi connectivity index (χ4n) is 2.13. The summed E-state index contributed by atoms with van der Waals surface area (Å²) < 4.78 is 37.1. The summed E-state index contributed by atoms with van der Waals surface area (Å²) in [7, 11) is 0. The molecule has 0 amide bonds. The third-order valence-corrected chi connectivity index (χ3v) is 3.10. The first-order chi connectivity index (χ1) is 7.36. The number of carboxylic acid groups (broad SMARTS) is 1. The van der Waals surface area contributed by atoms with E-state index in [4.69, 9.17) is 5.11 Å². The molecule has 0 saturated carbocycles. The van der Waals surface area contributed by atoms with Crippen molar-refractivity contribution in [3.8, 4) is 0 Å². The summed E-state index contributed by atoms with van der Waals surface area (Å²) in [5, 5.41) is 8.89. The Labute approximate surface area is 92.2 Å². The number of carboxylic acids is 1. The average Bonchev–Trinajstić information content (AvgIpc) is 2.17. The van der Waals surface area contributed by atoms with Crippen molar-refractivity contribution in [1.29, 1.82) is 0 Å². The molecule has 3 nitrogen and oxygen atoms in total. The van der Waals surface area contributed by atoms with E-state index >= 15 is 0 Å². The van der Waals surface area contributed by atoms with Gasteiger partial charge < -0.3 is 5.11 Å². The Morgan fingerprint density at radius 1 is 1.44 bits per heavy atom. The monoisotopic (exact) mass is 239 g/mol. The maximum atomic E-state index is 12.4. The zero-order valence-electron chi connectivity index (χ0n) is 9.13. The van der Waals surface area contributed by atoms with E-state index in [1.165, 1.54) is 0 Å². The molecule has 0 aromatic heterocycles. The van der Waals surface area contributed by atoms with Gasteiger partial charge in [0.05, 0.1) is 5.92 Å². The Morgan fingerprint density at radius 2 is 1.94 bits per heavy atom.